The largest absolute Gasteiger partial charge is 0.480 e. The zero-order chi connectivity index (χ0) is 9.84. The Balaban J connectivity index is 0.00000169. The molecule has 78 valence electrons. The van der Waals surface area contributed by atoms with Crippen molar-refractivity contribution in [2.24, 2.45) is 5.73 Å². The number of nitrogens with two attached hydrogens (primary N) is 1. The normalized spacial score (nSPS) is 11.6. The van der Waals surface area contributed by atoms with Crippen LogP contribution in [0.1, 0.15) is 5.56 Å². The SMILES string of the molecule is N.N[C@@H](Cc1ccc(Cl)cc1)C(=O)O. The molecule has 0 saturated heterocycles. The van der Waals surface area contributed by atoms with Gasteiger partial charge in [-0.05, 0) is 24.1 Å². The third kappa shape index (κ3) is 3.74. The molecule has 0 saturated carbocycles. The van der Waals surface area contributed by atoms with Crippen molar-refractivity contribution < 1.29 is 9.90 Å². The van der Waals surface area contributed by atoms with Gasteiger partial charge in [0.2, 0.25) is 0 Å². The second kappa shape index (κ2) is 5.59. The van der Waals surface area contributed by atoms with Crippen LogP contribution in [0.3, 0.4) is 0 Å². The van der Waals surface area contributed by atoms with Crippen molar-refractivity contribution in [3.8, 4) is 0 Å². The van der Waals surface area contributed by atoms with Gasteiger partial charge in [-0.3, -0.25) is 4.79 Å². The molecule has 1 atom stereocenters. The quantitative estimate of drug-likeness (QED) is 0.712. The van der Waals surface area contributed by atoms with Crippen LogP contribution in [-0.4, -0.2) is 17.1 Å². The summed E-state index contributed by atoms with van der Waals surface area (Å²) in [6.07, 6.45) is 0.326. The summed E-state index contributed by atoms with van der Waals surface area (Å²) in [4.78, 5) is 10.4. The van der Waals surface area contributed by atoms with Crippen LogP contribution in [0.5, 0.6) is 0 Å². The third-order valence-electron chi connectivity index (χ3n) is 1.69. The Morgan fingerprint density at radius 1 is 1.43 bits per heavy atom. The van der Waals surface area contributed by atoms with Crippen LogP contribution in [0, 0.1) is 0 Å². The molecule has 0 radical (unpaired) electrons. The van der Waals surface area contributed by atoms with E-state index in [1.165, 1.54) is 0 Å². The molecule has 14 heavy (non-hydrogen) atoms. The van der Waals surface area contributed by atoms with Crippen molar-refractivity contribution in [3.05, 3.63) is 34.9 Å². The predicted molar refractivity (Wildman–Crippen MR) is 55.8 cm³/mol. The number of halogens is 1. The highest BCUT2D eigenvalue weighted by Gasteiger charge is 2.11. The fourth-order valence-electron chi connectivity index (χ4n) is 0.962. The van der Waals surface area contributed by atoms with Crippen LogP contribution in [-0.2, 0) is 11.2 Å². The first-order valence-electron chi connectivity index (χ1n) is 3.82. The van der Waals surface area contributed by atoms with E-state index in [9.17, 15) is 4.79 Å². The van der Waals surface area contributed by atoms with E-state index in [0.717, 1.165) is 5.56 Å². The lowest BCUT2D eigenvalue weighted by atomic mass is 10.1. The average molecular weight is 217 g/mol. The summed E-state index contributed by atoms with van der Waals surface area (Å²) in [5, 5.41) is 9.18. The summed E-state index contributed by atoms with van der Waals surface area (Å²) in [6.45, 7) is 0. The Kier molecular flexibility index (Phi) is 5.15. The zero-order valence-corrected chi connectivity index (χ0v) is 8.37. The van der Waals surface area contributed by atoms with E-state index >= 15 is 0 Å². The average Bonchev–Trinajstić information content (AvgIpc) is 2.08. The number of aliphatic carboxylic acids is 1. The van der Waals surface area contributed by atoms with Gasteiger partial charge in [0, 0.05) is 5.02 Å². The number of hydrogen-bond acceptors (Lipinski definition) is 3. The van der Waals surface area contributed by atoms with E-state index in [1.54, 1.807) is 24.3 Å². The van der Waals surface area contributed by atoms with Crippen LogP contribution in [0.2, 0.25) is 5.02 Å². The zero-order valence-electron chi connectivity index (χ0n) is 7.61. The highest BCUT2D eigenvalue weighted by Crippen LogP contribution is 2.10. The van der Waals surface area contributed by atoms with Crippen molar-refractivity contribution in [1.82, 2.24) is 6.15 Å². The Bertz CT molecular complexity index is 300. The van der Waals surface area contributed by atoms with Crippen LogP contribution in [0.4, 0.5) is 0 Å². The minimum absolute atomic E-state index is 0. The van der Waals surface area contributed by atoms with Gasteiger partial charge >= 0.3 is 5.97 Å². The molecule has 0 heterocycles. The van der Waals surface area contributed by atoms with Crippen LogP contribution >= 0.6 is 11.6 Å². The van der Waals surface area contributed by atoms with Gasteiger partial charge < -0.3 is 17.0 Å². The van der Waals surface area contributed by atoms with Crippen molar-refractivity contribution >= 4 is 17.6 Å². The molecule has 1 aromatic carbocycles. The Morgan fingerprint density at radius 3 is 2.36 bits per heavy atom. The van der Waals surface area contributed by atoms with E-state index in [-0.39, 0.29) is 6.15 Å². The predicted octanol–water partition coefficient (Wildman–Crippen LogP) is 1.46. The molecule has 6 N–H and O–H groups in total. The highest BCUT2D eigenvalue weighted by atomic mass is 35.5. The summed E-state index contributed by atoms with van der Waals surface area (Å²) in [6, 6.07) is 6.12. The molecule has 0 bridgehead atoms. The number of rotatable bonds is 3. The second-order valence-corrected chi connectivity index (χ2v) is 3.21. The summed E-state index contributed by atoms with van der Waals surface area (Å²) >= 11 is 5.66. The highest BCUT2D eigenvalue weighted by molar-refractivity contribution is 6.30. The molecular formula is C9H13ClN2O2. The molecule has 1 rings (SSSR count). The van der Waals surface area contributed by atoms with Crippen LogP contribution < -0.4 is 11.9 Å². The monoisotopic (exact) mass is 216 g/mol. The topological polar surface area (TPSA) is 98.3 Å². The van der Waals surface area contributed by atoms with Crippen molar-refractivity contribution in [3.63, 3.8) is 0 Å². The third-order valence-corrected chi connectivity index (χ3v) is 1.94. The number of hydrogen-bond donors (Lipinski definition) is 3. The van der Waals surface area contributed by atoms with Crippen molar-refractivity contribution in [1.29, 1.82) is 0 Å². The van der Waals surface area contributed by atoms with Gasteiger partial charge in [0.25, 0.3) is 0 Å². The van der Waals surface area contributed by atoms with E-state index in [2.05, 4.69) is 0 Å². The van der Waals surface area contributed by atoms with Crippen molar-refractivity contribution in [2.75, 3.05) is 0 Å². The van der Waals surface area contributed by atoms with E-state index in [0.29, 0.717) is 11.4 Å². The number of carboxylic acid groups (broad SMARTS) is 1. The minimum atomic E-state index is -0.991. The Hall–Kier alpha value is -1.10. The second-order valence-electron chi connectivity index (χ2n) is 2.78. The smallest absolute Gasteiger partial charge is 0.320 e. The maximum absolute atomic E-state index is 10.4. The molecule has 1 aromatic rings. The standard InChI is InChI=1S/C9H10ClNO2.H3N/c10-7-3-1-6(2-4-7)5-8(11)9(12)13;/h1-4,8H,5,11H2,(H,12,13);1H3/t8-;/m0./s1. The first-order valence-corrected chi connectivity index (χ1v) is 4.20. The van der Waals surface area contributed by atoms with Gasteiger partial charge in [-0.2, -0.15) is 0 Å². The molecule has 4 nitrogen and oxygen atoms in total. The Morgan fingerprint density at radius 2 is 1.93 bits per heavy atom. The lowest BCUT2D eigenvalue weighted by molar-refractivity contribution is -0.138. The van der Waals surface area contributed by atoms with Gasteiger partial charge in [0.1, 0.15) is 6.04 Å². The lowest BCUT2D eigenvalue weighted by Crippen LogP contribution is -2.32. The molecule has 0 aromatic heterocycles. The molecule has 5 heteroatoms. The van der Waals surface area contributed by atoms with Crippen LogP contribution in [0.15, 0.2) is 24.3 Å². The molecule has 0 aliphatic heterocycles. The maximum atomic E-state index is 10.4. The first kappa shape index (κ1) is 12.9. The number of benzene rings is 1. The van der Waals surface area contributed by atoms with Gasteiger partial charge in [0.15, 0.2) is 0 Å². The fourth-order valence-corrected chi connectivity index (χ4v) is 1.09. The molecule has 0 spiro atoms. The van der Waals surface area contributed by atoms with Gasteiger partial charge in [0.05, 0.1) is 0 Å². The molecule has 0 fully saturated rings. The first-order chi connectivity index (χ1) is 6.09. The lowest BCUT2D eigenvalue weighted by Gasteiger charge is -2.05. The molecule has 0 unspecified atom stereocenters. The molecule has 0 aliphatic carbocycles. The summed E-state index contributed by atoms with van der Waals surface area (Å²) in [7, 11) is 0. The minimum Gasteiger partial charge on any atom is -0.480 e. The summed E-state index contributed by atoms with van der Waals surface area (Å²) < 4.78 is 0. The van der Waals surface area contributed by atoms with Gasteiger partial charge in [-0.1, -0.05) is 23.7 Å². The van der Waals surface area contributed by atoms with E-state index in [4.69, 9.17) is 22.4 Å². The van der Waals surface area contributed by atoms with Crippen LogP contribution in [0.25, 0.3) is 0 Å². The van der Waals surface area contributed by atoms with Gasteiger partial charge in [-0.25, -0.2) is 0 Å². The number of carboxylic acids is 1. The fraction of sp³-hybridized carbons (Fsp3) is 0.222. The molecule has 0 aliphatic rings. The summed E-state index contributed by atoms with van der Waals surface area (Å²) in [5.74, 6) is -0.991. The summed E-state index contributed by atoms with van der Waals surface area (Å²) in [5.41, 5.74) is 6.23. The molecular weight excluding hydrogens is 204 g/mol. The van der Waals surface area contributed by atoms with E-state index in [1.807, 2.05) is 0 Å². The molecule has 0 amide bonds. The van der Waals surface area contributed by atoms with Crippen molar-refractivity contribution in [2.45, 2.75) is 12.5 Å². The Labute approximate surface area is 87.3 Å². The van der Waals surface area contributed by atoms with E-state index < -0.39 is 12.0 Å². The van der Waals surface area contributed by atoms with Gasteiger partial charge in [-0.15, -0.1) is 0 Å². The number of carbonyl (C=O) groups is 1. The maximum Gasteiger partial charge on any atom is 0.320 e.